The summed E-state index contributed by atoms with van der Waals surface area (Å²) in [6.45, 7) is 4.21. The third-order valence-corrected chi connectivity index (χ3v) is 4.31. The van der Waals surface area contributed by atoms with Gasteiger partial charge in [-0.3, -0.25) is 0 Å². The Morgan fingerprint density at radius 1 is 1.10 bits per heavy atom. The van der Waals surface area contributed by atoms with Crippen molar-refractivity contribution < 1.29 is 9.47 Å². The number of hydrogen-bond donors (Lipinski definition) is 1. The number of halogens is 1. The first-order chi connectivity index (χ1) is 10.2. The molecule has 3 nitrogen and oxygen atoms in total. The largest absolute Gasteiger partial charge is 0.486 e. The molecule has 1 heterocycles. The van der Waals surface area contributed by atoms with Crippen molar-refractivity contribution in [3.8, 4) is 11.5 Å². The van der Waals surface area contributed by atoms with Crippen LogP contribution in [0.25, 0.3) is 0 Å². The van der Waals surface area contributed by atoms with Crippen LogP contribution in [0.4, 0.5) is 0 Å². The first kappa shape index (κ1) is 14.4. The molecule has 4 heteroatoms. The van der Waals surface area contributed by atoms with E-state index in [2.05, 4.69) is 52.4 Å². The Morgan fingerprint density at radius 3 is 2.67 bits per heavy atom. The maximum atomic E-state index is 5.61. The molecular formula is C17H18BrNO2. The van der Waals surface area contributed by atoms with Crippen LogP contribution >= 0.6 is 15.9 Å². The van der Waals surface area contributed by atoms with E-state index in [9.17, 15) is 0 Å². The summed E-state index contributed by atoms with van der Waals surface area (Å²) >= 11 is 3.60. The molecule has 0 saturated carbocycles. The van der Waals surface area contributed by atoms with Crippen LogP contribution in [0, 0.1) is 0 Å². The Morgan fingerprint density at radius 2 is 1.86 bits per heavy atom. The summed E-state index contributed by atoms with van der Waals surface area (Å²) in [6, 6.07) is 14.7. The van der Waals surface area contributed by atoms with Gasteiger partial charge in [-0.2, -0.15) is 0 Å². The zero-order chi connectivity index (χ0) is 14.7. The molecule has 1 N–H and O–H groups in total. The van der Waals surface area contributed by atoms with Crippen molar-refractivity contribution >= 4 is 15.9 Å². The van der Waals surface area contributed by atoms with Gasteiger partial charge in [0.25, 0.3) is 0 Å². The van der Waals surface area contributed by atoms with Crippen molar-refractivity contribution in [3.63, 3.8) is 0 Å². The lowest BCUT2D eigenvalue weighted by Gasteiger charge is -2.20. The van der Waals surface area contributed by atoms with E-state index < -0.39 is 0 Å². The van der Waals surface area contributed by atoms with Gasteiger partial charge in [-0.05, 0) is 36.2 Å². The van der Waals surface area contributed by atoms with E-state index in [1.807, 2.05) is 18.2 Å². The third-order valence-electron chi connectivity index (χ3n) is 3.59. The van der Waals surface area contributed by atoms with E-state index >= 15 is 0 Å². The quantitative estimate of drug-likeness (QED) is 0.904. The lowest BCUT2D eigenvalue weighted by Crippen LogP contribution is -2.19. The molecule has 0 aliphatic carbocycles. The van der Waals surface area contributed by atoms with E-state index in [1.54, 1.807) is 0 Å². The topological polar surface area (TPSA) is 30.5 Å². The molecule has 0 bridgehead atoms. The predicted molar refractivity (Wildman–Crippen MR) is 86.8 cm³/mol. The number of fused-ring (bicyclic) bond motifs is 1. The molecule has 0 amide bonds. The molecule has 2 aromatic rings. The minimum atomic E-state index is 0.272. The number of benzene rings is 2. The highest BCUT2D eigenvalue weighted by atomic mass is 79.9. The fraction of sp³-hybridized carbons (Fsp3) is 0.294. The summed E-state index contributed by atoms with van der Waals surface area (Å²) in [5, 5.41) is 3.54. The summed E-state index contributed by atoms with van der Waals surface area (Å²) in [5.74, 6) is 1.68. The lowest BCUT2D eigenvalue weighted by atomic mass is 10.1. The Bertz CT molecular complexity index is 630. The summed E-state index contributed by atoms with van der Waals surface area (Å²) in [7, 11) is 0. The van der Waals surface area contributed by atoms with Gasteiger partial charge in [-0.25, -0.2) is 0 Å². The van der Waals surface area contributed by atoms with E-state index in [-0.39, 0.29) is 6.04 Å². The molecule has 1 atom stereocenters. The minimum absolute atomic E-state index is 0.272. The second-order valence-corrected chi connectivity index (χ2v) is 5.96. The molecule has 1 aliphatic heterocycles. The van der Waals surface area contributed by atoms with E-state index in [0.717, 1.165) is 22.5 Å². The SMILES string of the molecule is C[C@H](NCc1ccc2c(c1)OCCO2)c1ccccc1Br. The molecule has 3 rings (SSSR count). The summed E-state index contributed by atoms with van der Waals surface area (Å²) < 4.78 is 12.3. The second kappa shape index (κ2) is 6.50. The van der Waals surface area contributed by atoms with Gasteiger partial charge >= 0.3 is 0 Å². The average molecular weight is 348 g/mol. The highest BCUT2D eigenvalue weighted by Crippen LogP contribution is 2.31. The summed E-state index contributed by atoms with van der Waals surface area (Å²) in [5.41, 5.74) is 2.45. The standard InChI is InChI=1S/C17H18BrNO2/c1-12(14-4-2-3-5-15(14)18)19-11-13-6-7-16-17(10-13)21-9-8-20-16/h2-7,10,12,19H,8-9,11H2,1H3/t12-/m0/s1. The monoisotopic (exact) mass is 347 g/mol. The number of ether oxygens (including phenoxy) is 2. The predicted octanol–water partition coefficient (Wildman–Crippen LogP) is 4.07. The molecule has 0 spiro atoms. The smallest absolute Gasteiger partial charge is 0.161 e. The zero-order valence-electron chi connectivity index (χ0n) is 11.9. The van der Waals surface area contributed by atoms with Gasteiger partial charge in [0, 0.05) is 17.1 Å². The number of rotatable bonds is 4. The van der Waals surface area contributed by atoms with E-state index in [1.165, 1.54) is 11.1 Å². The molecular weight excluding hydrogens is 330 g/mol. The van der Waals surface area contributed by atoms with Crippen LogP contribution in [0.1, 0.15) is 24.1 Å². The maximum absolute atomic E-state index is 5.61. The maximum Gasteiger partial charge on any atom is 0.161 e. The van der Waals surface area contributed by atoms with Crippen molar-refractivity contribution in [1.82, 2.24) is 5.32 Å². The van der Waals surface area contributed by atoms with Gasteiger partial charge in [0.15, 0.2) is 11.5 Å². The van der Waals surface area contributed by atoms with Crippen molar-refractivity contribution in [3.05, 3.63) is 58.1 Å². The van der Waals surface area contributed by atoms with Crippen LogP contribution in [-0.4, -0.2) is 13.2 Å². The molecule has 0 unspecified atom stereocenters. The molecule has 0 saturated heterocycles. The molecule has 110 valence electrons. The minimum Gasteiger partial charge on any atom is -0.486 e. The van der Waals surface area contributed by atoms with Crippen molar-refractivity contribution in [1.29, 1.82) is 0 Å². The summed E-state index contributed by atoms with van der Waals surface area (Å²) in [4.78, 5) is 0. The van der Waals surface area contributed by atoms with E-state index in [4.69, 9.17) is 9.47 Å². The molecule has 21 heavy (non-hydrogen) atoms. The Labute approximate surface area is 133 Å². The van der Waals surface area contributed by atoms with Crippen LogP contribution in [-0.2, 0) is 6.54 Å². The first-order valence-electron chi connectivity index (χ1n) is 7.10. The van der Waals surface area contributed by atoms with Crippen molar-refractivity contribution in [2.75, 3.05) is 13.2 Å². The highest BCUT2D eigenvalue weighted by molar-refractivity contribution is 9.10. The molecule has 1 aliphatic rings. The van der Waals surface area contributed by atoms with Crippen LogP contribution in [0.5, 0.6) is 11.5 Å². The van der Waals surface area contributed by atoms with Crippen LogP contribution in [0.3, 0.4) is 0 Å². The highest BCUT2D eigenvalue weighted by Gasteiger charge is 2.12. The van der Waals surface area contributed by atoms with Gasteiger partial charge < -0.3 is 14.8 Å². The fourth-order valence-corrected chi connectivity index (χ4v) is 3.03. The summed E-state index contributed by atoms with van der Waals surface area (Å²) in [6.07, 6.45) is 0. The third kappa shape index (κ3) is 3.39. The van der Waals surface area contributed by atoms with Gasteiger partial charge in [0.05, 0.1) is 0 Å². The van der Waals surface area contributed by atoms with Gasteiger partial charge in [-0.1, -0.05) is 40.2 Å². The van der Waals surface area contributed by atoms with Crippen LogP contribution in [0.15, 0.2) is 46.9 Å². The number of hydrogen-bond acceptors (Lipinski definition) is 3. The molecule has 0 aromatic heterocycles. The molecule has 0 radical (unpaired) electrons. The van der Waals surface area contributed by atoms with Crippen molar-refractivity contribution in [2.45, 2.75) is 19.5 Å². The Kier molecular flexibility index (Phi) is 4.46. The Balaban J connectivity index is 1.66. The van der Waals surface area contributed by atoms with Crippen LogP contribution in [0.2, 0.25) is 0 Å². The molecule has 0 fully saturated rings. The van der Waals surface area contributed by atoms with Crippen LogP contribution < -0.4 is 14.8 Å². The fourth-order valence-electron chi connectivity index (χ4n) is 2.40. The average Bonchev–Trinajstić information content (AvgIpc) is 2.53. The zero-order valence-corrected chi connectivity index (χ0v) is 13.5. The second-order valence-electron chi connectivity index (χ2n) is 5.10. The molecule has 2 aromatic carbocycles. The first-order valence-corrected chi connectivity index (χ1v) is 7.89. The van der Waals surface area contributed by atoms with Gasteiger partial charge in [0.2, 0.25) is 0 Å². The van der Waals surface area contributed by atoms with E-state index in [0.29, 0.717) is 13.2 Å². The lowest BCUT2D eigenvalue weighted by molar-refractivity contribution is 0.171. The number of nitrogens with one attached hydrogen (secondary N) is 1. The van der Waals surface area contributed by atoms with Gasteiger partial charge in [0.1, 0.15) is 13.2 Å². The van der Waals surface area contributed by atoms with Crippen molar-refractivity contribution in [2.24, 2.45) is 0 Å². The Hall–Kier alpha value is -1.52. The van der Waals surface area contributed by atoms with Gasteiger partial charge in [-0.15, -0.1) is 0 Å². The normalized spacial score (nSPS) is 14.8.